The lowest BCUT2D eigenvalue weighted by Crippen LogP contribution is -2.44. The summed E-state index contributed by atoms with van der Waals surface area (Å²) in [5.41, 5.74) is 0.101. The van der Waals surface area contributed by atoms with Gasteiger partial charge in [0.1, 0.15) is 0 Å². The van der Waals surface area contributed by atoms with E-state index in [0.717, 1.165) is 31.8 Å². The molecule has 2 heteroatoms. The fourth-order valence-electron chi connectivity index (χ4n) is 4.57. The van der Waals surface area contributed by atoms with Gasteiger partial charge >= 0.3 is 0 Å². The quantitative estimate of drug-likeness (QED) is 0.713. The Morgan fingerprint density at radius 2 is 1.40 bits per heavy atom. The summed E-state index contributed by atoms with van der Waals surface area (Å²) in [6.07, 6.45) is 13.9. The van der Waals surface area contributed by atoms with Crippen LogP contribution in [0.25, 0.3) is 0 Å². The van der Waals surface area contributed by atoms with E-state index in [0.29, 0.717) is 5.41 Å². The summed E-state index contributed by atoms with van der Waals surface area (Å²) in [5, 5.41) is 14.4. The van der Waals surface area contributed by atoms with E-state index in [-0.39, 0.29) is 0 Å². The van der Waals surface area contributed by atoms with E-state index < -0.39 is 5.60 Å². The summed E-state index contributed by atoms with van der Waals surface area (Å²) in [7, 11) is 0. The average molecular weight is 281 g/mol. The molecule has 0 spiro atoms. The largest absolute Gasteiger partial charge is 0.389 e. The van der Waals surface area contributed by atoms with E-state index in [1.54, 1.807) is 0 Å². The van der Waals surface area contributed by atoms with Crippen LogP contribution >= 0.6 is 0 Å². The number of aliphatic hydroxyl groups is 1. The second kappa shape index (κ2) is 7.26. The Balaban J connectivity index is 1.80. The van der Waals surface area contributed by atoms with E-state index >= 15 is 0 Å². The van der Waals surface area contributed by atoms with Gasteiger partial charge in [-0.25, -0.2) is 0 Å². The third kappa shape index (κ3) is 4.73. The number of hydrogen-bond acceptors (Lipinski definition) is 2. The highest BCUT2D eigenvalue weighted by Gasteiger charge is 2.35. The molecule has 0 saturated heterocycles. The normalized spacial score (nSPS) is 25.8. The Labute approximate surface area is 125 Å². The highest BCUT2D eigenvalue weighted by Crippen LogP contribution is 2.42. The van der Waals surface area contributed by atoms with Gasteiger partial charge in [0, 0.05) is 13.1 Å². The minimum absolute atomic E-state index is 0.422. The van der Waals surface area contributed by atoms with Crippen molar-refractivity contribution in [2.45, 2.75) is 90.1 Å². The van der Waals surface area contributed by atoms with Crippen molar-refractivity contribution in [1.29, 1.82) is 0 Å². The Hall–Kier alpha value is -0.0800. The van der Waals surface area contributed by atoms with Crippen molar-refractivity contribution in [2.75, 3.05) is 13.1 Å². The average Bonchev–Trinajstić information content (AvgIpc) is 2.70. The van der Waals surface area contributed by atoms with Gasteiger partial charge in [-0.3, -0.25) is 0 Å². The number of rotatable bonds is 6. The first-order valence-electron chi connectivity index (χ1n) is 8.97. The lowest BCUT2D eigenvalue weighted by Gasteiger charge is -2.34. The zero-order chi connectivity index (χ0) is 14.5. The Morgan fingerprint density at radius 1 is 0.850 bits per heavy atom. The summed E-state index contributed by atoms with van der Waals surface area (Å²) in [5.74, 6) is 0.788. The summed E-state index contributed by atoms with van der Waals surface area (Å²) in [6.45, 7) is 6.62. The molecule has 0 heterocycles. The van der Waals surface area contributed by atoms with Crippen LogP contribution in [0.2, 0.25) is 0 Å². The molecule has 0 bridgehead atoms. The fourth-order valence-corrected chi connectivity index (χ4v) is 4.57. The zero-order valence-electron chi connectivity index (χ0n) is 13.7. The van der Waals surface area contributed by atoms with Gasteiger partial charge in [-0.1, -0.05) is 52.4 Å². The highest BCUT2D eigenvalue weighted by molar-refractivity contribution is 4.90. The smallest absolute Gasteiger partial charge is 0.0771 e. The molecular weight excluding hydrogens is 246 g/mol. The maximum atomic E-state index is 10.7. The second-order valence-corrected chi connectivity index (χ2v) is 8.05. The van der Waals surface area contributed by atoms with E-state index in [2.05, 4.69) is 19.2 Å². The molecule has 0 radical (unpaired) electrons. The first kappa shape index (κ1) is 16.3. The lowest BCUT2D eigenvalue weighted by atomic mass is 9.78. The molecule has 0 atom stereocenters. The van der Waals surface area contributed by atoms with Crippen LogP contribution in [0.15, 0.2) is 0 Å². The van der Waals surface area contributed by atoms with Gasteiger partial charge < -0.3 is 10.4 Å². The molecule has 2 fully saturated rings. The standard InChI is InChI=1S/C18H35NO/c1-16(2)13-17(9-7-8-10-17)14-19-15-18(20)11-5-3-4-6-12-18/h16,19-20H,3-15H2,1-2H3. The Kier molecular flexibility index (Phi) is 5.92. The van der Waals surface area contributed by atoms with Crippen molar-refractivity contribution in [2.24, 2.45) is 11.3 Å². The summed E-state index contributed by atoms with van der Waals surface area (Å²) < 4.78 is 0. The van der Waals surface area contributed by atoms with E-state index in [1.165, 1.54) is 57.8 Å². The van der Waals surface area contributed by atoms with Crippen molar-refractivity contribution >= 4 is 0 Å². The second-order valence-electron chi connectivity index (χ2n) is 8.05. The molecule has 0 amide bonds. The fraction of sp³-hybridized carbons (Fsp3) is 1.00. The van der Waals surface area contributed by atoms with Gasteiger partial charge in [0.05, 0.1) is 5.60 Å². The van der Waals surface area contributed by atoms with Crippen LogP contribution in [0.4, 0.5) is 0 Å². The molecule has 20 heavy (non-hydrogen) atoms. The van der Waals surface area contributed by atoms with Gasteiger partial charge in [0.15, 0.2) is 0 Å². The van der Waals surface area contributed by atoms with Crippen LogP contribution < -0.4 is 5.32 Å². The van der Waals surface area contributed by atoms with Crippen LogP contribution in [-0.2, 0) is 0 Å². The van der Waals surface area contributed by atoms with Gasteiger partial charge in [0.25, 0.3) is 0 Å². The van der Waals surface area contributed by atoms with Gasteiger partial charge in [-0.2, -0.15) is 0 Å². The van der Waals surface area contributed by atoms with Crippen LogP contribution in [-0.4, -0.2) is 23.8 Å². The van der Waals surface area contributed by atoms with E-state index in [1.807, 2.05) is 0 Å². The number of hydrogen-bond donors (Lipinski definition) is 2. The Bertz CT molecular complexity index is 273. The zero-order valence-corrected chi connectivity index (χ0v) is 13.7. The first-order chi connectivity index (χ1) is 9.54. The predicted octanol–water partition coefficient (Wildman–Crippen LogP) is 4.27. The van der Waals surface area contributed by atoms with Gasteiger partial charge in [-0.15, -0.1) is 0 Å². The van der Waals surface area contributed by atoms with Gasteiger partial charge in [-0.05, 0) is 43.4 Å². The van der Waals surface area contributed by atoms with Crippen LogP contribution in [0.5, 0.6) is 0 Å². The summed E-state index contributed by atoms with van der Waals surface area (Å²) in [6, 6.07) is 0. The minimum Gasteiger partial charge on any atom is -0.389 e. The molecule has 0 aromatic carbocycles. The third-order valence-electron chi connectivity index (χ3n) is 5.49. The topological polar surface area (TPSA) is 32.3 Å². The summed E-state index contributed by atoms with van der Waals surface area (Å²) >= 11 is 0. The first-order valence-corrected chi connectivity index (χ1v) is 8.97. The molecule has 0 aliphatic heterocycles. The lowest BCUT2D eigenvalue weighted by molar-refractivity contribution is 0.0221. The van der Waals surface area contributed by atoms with Crippen molar-refractivity contribution in [3.05, 3.63) is 0 Å². The SMILES string of the molecule is CC(C)CC1(CNCC2(O)CCCCCC2)CCCC1. The van der Waals surface area contributed by atoms with E-state index in [4.69, 9.17) is 0 Å². The minimum atomic E-state index is -0.422. The van der Waals surface area contributed by atoms with Crippen LogP contribution in [0.3, 0.4) is 0 Å². The maximum Gasteiger partial charge on any atom is 0.0771 e. The third-order valence-corrected chi connectivity index (χ3v) is 5.49. The predicted molar refractivity (Wildman–Crippen MR) is 85.9 cm³/mol. The van der Waals surface area contributed by atoms with Crippen molar-refractivity contribution in [3.8, 4) is 0 Å². The molecule has 2 rings (SSSR count). The molecule has 118 valence electrons. The molecule has 0 unspecified atom stereocenters. The highest BCUT2D eigenvalue weighted by atomic mass is 16.3. The van der Waals surface area contributed by atoms with Crippen LogP contribution in [0, 0.1) is 11.3 Å². The van der Waals surface area contributed by atoms with E-state index in [9.17, 15) is 5.11 Å². The maximum absolute atomic E-state index is 10.7. The van der Waals surface area contributed by atoms with Crippen LogP contribution in [0.1, 0.15) is 84.5 Å². The van der Waals surface area contributed by atoms with Crippen molar-refractivity contribution < 1.29 is 5.11 Å². The molecule has 2 saturated carbocycles. The molecular formula is C18H35NO. The molecule has 2 N–H and O–H groups in total. The molecule has 2 aliphatic carbocycles. The molecule has 2 nitrogen and oxygen atoms in total. The van der Waals surface area contributed by atoms with Gasteiger partial charge in [0.2, 0.25) is 0 Å². The molecule has 0 aromatic rings. The van der Waals surface area contributed by atoms with Crippen molar-refractivity contribution in [3.63, 3.8) is 0 Å². The summed E-state index contributed by atoms with van der Waals surface area (Å²) in [4.78, 5) is 0. The Morgan fingerprint density at radius 3 is 1.95 bits per heavy atom. The number of nitrogens with one attached hydrogen (secondary N) is 1. The van der Waals surface area contributed by atoms with Crippen molar-refractivity contribution in [1.82, 2.24) is 5.32 Å². The molecule has 0 aromatic heterocycles. The molecule has 2 aliphatic rings. The monoisotopic (exact) mass is 281 g/mol.